The van der Waals surface area contributed by atoms with Gasteiger partial charge in [0.15, 0.2) is 0 Å². The Balaban J connectivity index is 3.00. The Morgan fingerprint density at radius 2 is 0.541 bits per heavy atom. The fraction of sp³-hybridized carbons (Fsp3) is 1.00. The summed E-state index contributed by atoms with van der Waals surface area (Å²) in [5.41, 5.74) is 0. The summed E-state index contributed by atoms with van der Waals surface area (Å²) < 4.78 is 38.1. The first-order chi connectivity index (χ1) is 18.4. The van der Waals surface area contributed by atoms with Crippen molar-refractivity contribution in [3.8, 4) is 0 Å². The maximum absolute atomic E-state index is 5.65. The van der Waals surface area contributed by atoms with Crippen molar-refractivity contribution in [2.24, 2.45) is 0 Å². The minimum Gasteiger partial charge on any atom is -0.379 e. The molecular weight excluding hydrogens is 496 g/mol. The van der Waals surface area contributed by atoms with Crippen LogP contribution in [0.4, 0.5) is 0 Å². The number of rotatable bonds is 34. The third-order valence-corrected chi connectivity index (χ3v) is 6.00. The van der Waals surface area contributed by atoms with Crippen LogP contribution in [-0.4, -0.2) is 98.4 Å². The van der Waals surface area contributed by atoms with Crippen molar-refractivity contribution in [3.05, 3.63) is 0 Å². The van der Waals surface area contributed by atoms with Crippen LogP contribution in [0.1, 0.15) is 90.4 Å². The summed E-state index contributed by atoms with van der Waals surface area (Å²) in [6, 6.07) is 0. The van der Waals surface area contributed by atoms with E-state index in [1.165, 1.54) is 77.0 Å². The van der Waals surface area contributed by atoms with Crippen molar-refractivity contribution >= 4 is 11.6 Å². The molecule has 0 atom stereocenters. The van der Waals surface area contributed by atoms with Crippen molar-refractivity contribution in [3.63, 3.8) is 0 Å². The number of alkyl halides is 1. The quantitative estimate of drug-likeness (QED) is 0.0670. The van der Waals surface area contributed by atoms with Gasteiger partial charge in [0.1, 0.15) is 0 Å². The summed E-state index contributed by atoms with van der Waals surface area (Å²) in [5.74, 6) is 0.511. The lowest BCUT2D eigenvalue weighted by atomic mass is 10.0. The molecule has 0 N–H and O–H groups in total. The number of unbranched alkanes of at least 4 members (excludes halogenated alkanes) is 12. The van der Waals surface area contributed by atoms with Gasteiger partial charge < -0.3 is 33.2 Å². The van der Waals surface area contributed by atoms with Crippen LogP contribution in [0, 0.1) is 0 Å². The van der Waals surface area contributed by atoms with Gasteiger partial charge in [-0.15, -0.1) is 11.6 Å². The van der Waals surface area contributed by atoms with Crippen molar-refractivity contribution < 1.29 is 33.2 Å². The third kappa shape index (κ3) is 36.0. The lowest BCUT2D eigenvalue weighted by molar-refractivity contribution is -0.0201. The summed E-state index contributed by atoms with van der Waals surface area (Å²) in [5, 5.41) is 0. The van der Waals surface area contributed by atoms with Crippen molar-refractivity contribution in [2.45, 2.75) is 90.4 Å². The van der Waals surface area contributed by atoms with Gasteiger partial charge >= 0.3 is 0 Å². The van der Waals surface area contributed by atoms with Gasteiger partial charge in [-0.3, -0.25) is 0 Å². The minimum atomic E-state index is 0.511. The predicted molar refractivity (Wildman–Crippen MR) is 152 cm³/mol. The van der Waals surface area contributed by atoms with Crippen LogP contribution < -0.4 is 0 Å². The summed E-state index contributed by atoms with van der Waals surface area (Å²) in [6.07, 6.45) is 17.9. The van der Waals surface area contributed by atoms with Gasteiger partial charge in [-0.25, -0.2) is 0 Å². The average molecular weight is 555 g/mol. The molecule has 0 bridgehead atoms. The molecule has 37 heavy (non-hydrogen) atoms. The second-order valence-electron chi connectivity index (χ2n) is 9.22. The molecule has 0 aromatic heterocycles. The van der Waals surface area contributed by atoms with Crippen LogP contribution in [0.2, 0.25) is 0 Å². The first-order valence-electron chi connectivity index (χ1n) is 15.0. The molecule has 7 nitrogen and oxygen atoms in total. The molecule has 0 aromatic rings. The van der Waals surface area contributed by atoms with Crippen LogP contribution >= 0.6 is 11.6 Å². The highest BCUT2D eigenvalue weighted by atomic mass is 35.5. The molecule has 0 amide bonds. The smallest absolute Gasteiger partial charge is 0.0701 e. The fourth-order valence-electron chi connectivity index (χ4n) is 3.70. The summed E-state index contributed by atoms with van der Waals surface area (Å²) in [6.45, 7) is 10.6. The molecule has 0 saturated heterocycles. The molecular formula is C29H59ClO7. The van der Waals surface area contributed by atoms with E-state index in [1.54, 1.807) is 0 Å². The molecule has 0 radical (unpaired) electrons. The highest BCUT2D eigenvalue weighted by Gasteiger charge is 1.96. The lowest BCUT2D eigenvalue weighted by Gasteiger charge is -2.08. The third-order valence-electron chi connectivity index (χ3n) is 5.85. The van der Waals surface area contributed by atoms with Gasteiger partial charge in [0, 0.05) is 12.5 Å². The van der Waals surface area contributed by atoms with E-state index in [4.69, 9.17) is 44.8 Å². The first-order valence-corrected chi connectivity index (χ1v) is 15.6. The van der Waals surface area contributed by atoms with Gasteiger partial charge in [-0.2, -0.15) is 0 Å². The van der Waals surface area contributed by atoms with Gasteiger partial charge in [-0.1, -0.05) is 84.0 Å². The zero-order chi connectivity index (χ0) is 26.7. The second-order valence-corrected chi connectivity index (χ2v) is 9.60. The first kappa shape index (κ1) is 37.0. The number of halogens is 1. The number of hydrogen-bond acceptors (Lipinski definition) is 7. The maximum atomic E-state index is 5.65. The Hall–Kier alpha value is 0.01000. The molecule has 0 aliphatic rings. The molecule has 0 aliphatic carbocycles. The van der Waals surface area contributed by atoms with Gasteiger partial charge in [0.2, 0.25) is 0 Å². The Morgan fingerprint density at radius 1 is 0.297 bits per heavy atom. The average Bonchev–Trinajstić information content (AvgIpc) is 2.91. The predicted octanol–water partition coefficient (Wildman–Crippen LogP) is 6.43. The van der Waals surface area contributed by atoms with Crippen LogP contribution in [0.15, 0.2) is 0 Å². The van der Waals surface area contributed by atoms with Crippen LogP contribution in [0.25, 0.3) is 0 Å². The van der Waals surface area contributed by atoms with Crippen molar-refractivity contribution in [1.82, 2.24) is 0 Å². The molecule has 0 rings (SSSR count). The SMILES string of the molecule is CCCCCCCCCCCCCCCOCCOCCOCCOCCOCCOCCOCCCl. The van der Waals surface area contributed by atoms with Crippen LogP contribution in [-0.2, 0) is 33.2 Å². The zero-order valence-corrected chi connectivity index (χ0v) is 24.8. The van der Waals surface area contributed by atoms with Gasteiger partial charge in [0.25, 0.3) is 0 Å². The van der Waals surface area contributed by atoms with E-state index in [0.29, 0.717) is 91.8 Å². The molecule has 0 aliphatic heterocycles. The molecule has 0 fully saturated rings. The van der Waals surface area contributed by atoms with E-state index in [1.807, 2.05) is 0 Å². The van der Waals surface area contributed by atoms with Gasteiger partial charge in [0.05, 0.1) is 85.9 Å². The Kier molecular flexibility index (Phi) is 36.0. The fourth-order valence-corrected chi connectivity index (χ4v) is 3.81. The zero-order valence-electron chi connectivity index (χ0n) is 24.0. The number of hydrogen-bond donors (Lipinski definition) is 0. The van der Waals surface area contributed by atoms with Crippen LogP contribution in [0.5, 0.6) is 0 Å². The standard InChI is InChI=1S/C29H59ClO7/c1-2-3-4-5-6-7-8-9-10-11-12-13-14-16-31-18-20-33-22-24-35-26-28-37-29-27-36-25-23-34-21-19-32-17-15-30/h2-29H2,1H3. The molecule has 0 saturated carbocycles. The topological polar surface area (TPSA) is 64.6 Å². The van der Waals surface area contributed by atoms with Crippen molar-refractivity contribution in [2.75, 3.05) is 98.4 Å². The van der Waals surface area contributed by atoms with E-state index in [-0.39, 0.29) is 0 Å². The molecule has 0 aromatic carbocycles. The summed E-state index contributed by atoms with van der Waals surface area (Å²) in [7, 11) is 0. The lowest BCUT2D eigenvalue weighted by Crippen LogP contribution is -2.14. The number of ether oxygens (including phenoxy) is 7. The van der Waals surface area contributed by atoms with E-state index in [0.717, 1.165) is 13.0 Å². The molecule has 0 unspecified atom stereocenters. The minimum absolute atomic E-state index is 0.511. The van der Waals surface area contributed by atoms with Crippen LogP contribution in [0.3, 0.4) is 0 Å². The van der Waals surface area contributed by atoms with E-state index in [9.17, 15) is 0 Å². The van der Waals surface area contributed by atoms with Gasteiger partial charge in [-0.05, 0) is 6.42 Å². The van der Waals surface area contributed by atoms with E-state index < -0.39 is 0 Å². The molecule has 224 valence electrons. The summed E-state index contributed by atoms with van der Waals surface area (Å²) >= 11 is 5.51. The largest absolute Gasteiger partial charge is 0.379 e. The van der Waals surface area contributed by atoms with E-state index in [2.05, 4.69) is 6.92 Å². The van der Waals surface area contributed by atoms with E-state index >= 15 is 0 Å². The highest BCUT2D eigenvalue weighted by molar-refractivity contribution is 6.17. The monoisotopic (exact) mass is 554 g/mol. The molecule has 0 heterocycles. The highest BCUT2D eigenvalue weighted by Crippen LogP contribution is 2.12. The Labute approximate surface area is 233 Å². The molecule has 0 spiro atoms. The normalized spacial score (nSPS) is 11.5. The Morgan fingerprint density at radius 3 is 0.838 bits per heavy atom. The molecule has 8 heteroatoms. The summed E-state index contributed by atoms with van der Waals surface area (Å²) in [4.78, 5) is 0. The van der Waals surface area contributed by atoms with Crippen molar-refractivity contribution in [1.29, 1.82) is 0 Å². The Bertz CT molecular complexity index is 357. The maximum Gasteiger partial charge on any atom is 0.0701 e. The second kappa shape index (κ2) is 36.0.